The highest BCUT2D eigenvalue weighted by molar-refractivity contribution is 7.17. The maximum absolute atomic E-state index is 2.89. The maximum atomic E-state index is 2.89. The van der Waals surface area contributed by atoms with Gasteiger partial charge in [-0.3, -0.25) is 0 Å². The standard InChI is InChI=1S/C7H17P.2ClH/c1-4-5-7(8)6(2)3;;/h6-7H,4-5,8H2,1-3H3;2*1H. The highest BCUT2D eigenvalue weighted by atomic mass is 35.5. The second kappa shape index (κ2) is 10.0. The molecule has 0 saturated carbocycles. The van der Waals surface area contributed by atoms with Gasteiger partial charge >= 0.3 is 0 Å². The summed E-state index contributed by atoms with van der Waals surface area (Å²) in [5, 5.41) is 0. The van der Waals surface area contributed by atoms with Crippen molar-refractivity contribution in [1.82, 2.24) is 0 Å². The summed E-state index contributed by atoms with van der Waals surface area (Å²) < 4.78 is 0. The molecule has 0 amide bonds. The van der Waals surface area contributed by atoms with Gasteiger partial charge in [0.1, 0.15) is 0 Å². The van der Waals surface area contributed by atoms with E-state index in [4.69, 9.17) is 0 Å². The molecule has 0 nitrogen and oxygen atoms in total. The van der Waals surface area contributed by atoms with Crippen molar-refractivity contribution < 1.29 is 0 Å². The minimum absolute atomic E-state index is 0. The number of hydrogen-bond acceptors (Lipinski definition) is 0. The molecule has 0 aliphatic heterocycles. The predicted molar refractivity (Wildman–Crippen MR) is 57.7 cm³/mol. The van der Waals surface area contributed by atoms with Gasteiger partial charge in [-0.2, -0.15) is 0 Å². The molecule has 2 atom stereocenters. The minimum Gasteiger partial charge on any atom is -0.147 e. The van der Waals surface area contributed by atoms with Crippen molar-refractivity contribution in [2.45, 2.75) is 39.3 Å². The van der Waals surface area contributed by atoms with E-state index in [-0.39, 0.29) is 24.8 Å². The highest BCUT2D eigenvalue weighted by Gasteiger charge is 2.03. The van der Waals surface area contributed by atoms with Crippen molar-refractivity contribution >= 4 is 34.1 Å². The van der Waals surface area contributed by atoms with Crippen LogP contribution in [0.3, 0.4) is 0 Å². The Bertz CT molecular complexity index is 57.6. The van der Waals surface area contributed by atoms with Crippen LogP contribution in [-0.2, 0) is 0 Å². The molecule has 0 spiro atoms. The molecule has 66 valence electrons. The Morgan fingerprint density at radius 2 is 1.60 bits per heavy atom. The number of halogens is 2. The van der Waals surface area contributed by atoms with Crippen LogP contribution in [0.1, 0.15) is 33.6 Å². The van der Waals surface area contributed by atoms with E-state index >= 15 is 0 Å². The lowest BCUT2D eigenvalue weighted by Gasteiger charge is -2.12. The average Bonchev–Trinajstić information content (AvgIpc) is 1.67. The van der Waals surface area contributed by atoms with Crippen LogP contribution in [0.15, 0.2) is 0 Å². The van der Waals surface area contributed by atoms with Crippen LogP contribution in [0.5, 0.6) is 0 Å². The molecule has 0 radical (unpaired) electrons. The molecule has 0 heterocycles. The first-order valence-electron chi connectivity index (χ1n) is 3.44. The first-order valence-corrected chi connectivity index (χ1v) is 4.10. The topological polar surface area (TPSA) is 0 Å². The van der Waals surface area contributed by atoms with Gasteiger partial charge in [-0.05, 0) is 18.0 Å². The quantitative estimate of drug-likeness (QED) is 0.618. The minimum atomic E-state index is 0. The van der Waals surface area contributed by atoms with Crippen LogP contribution in [-0.4, -0.2) is 5.66 Å². The fourth-order valence-corrected chi connectivity index (χ4v) is 1.00. The van der Waals surface area contributed by atoms with Crippen LogP contribution < -0.4 is 0 Å². The third-order valence-electron chi connectivity index (χ3n) is 1.48. The Hall–Kier alpha value is 1.01. The molecule has 0 saturated heterocycles. The van der Waals surface area contributed by atoms with Gasteiger partial charge in [0.05, 0.1) is 0 Å². The van der Waals surface area contributed by atoms with E-state index in [1.807, 2.05) is 0 Å². The van der Waals surface area contributed by atoms with Gasteiger partial charge in [0, 0.05) is 0 Å². The first-order chi connectivity index (χ1) is 3.68. The summed E-state index contributed by atoms with van der Waals surface area (Å²) in [6, 6.07) is 0. The summed E-state index contributed by atoms with van der Waals surface area (Å²) in [5.41, 5.74) is 0.833. The van der Waals surface area contributed by atoms with Crippen molar-refractivity contribution in [1.29, 1.82) is 0 Å². The third-order valence-corrected chi connectivity index (χ3v) is 2.58. The summed E-state index contributed by atoms with van der Waals surface area (Å²) >= 11 is 0. The van der Waals surface area contributed by atoms with Gasteiger partial charge in [0.25, 0.3) is 0 Å². The molecule has 0 fully saturated rings. The molecular weight excluding hydrogens is 186 g/mol. The van der Waals surface area contributed by atoms with Crippen molar-refractivity contribution in [3.63, 3.8) is 0 Å². The molecule has 2 unspecified atom stereocenters. The molecule has 0 aromatic heterocycles. The lowest BCUT2D eigenvalue weighted by atomic mass is 10.1. The van der Waals surface area contributed by atoms with E-state index in [2.05, 4.69) is 30.0 Å². The zero-order valence-electron chi connectivity index (χ0n) is 6.96. The number of rotatable bonds is 3. The van der Waals surface area contributed by atoms with Gasteiger partial charge in [-0.15, -0.1) is 34.1 Å². The Morgan fingerprint density at radius 1 is 1.20 bits per heavy atom. The number of hydrogen-bond donors (Lipinski definition) is 0. The molecule has 0 aromatic carbocycles. The van der Waals surface area contributed by atoms with Gasteiger partial charge in [0.2, 0.25) is 0 Å². The second-order valence-corrected chi connectivity index (χ2v) is 3.55. The van der Waals surface area contributed by atoms with Gasteiger partial charge in [0.15, 0.2) is 0 Å². The van der Waals surface area contributed by atoms with E-state index < -0.39 is 0 Å². The van der Waals surface area contributed by atoms with Crippen molar-refractivity contribution in [2.24, 2.45) is 5.92 Å². The van der Waals surface area contributed by atoms with Crippen LogP contribution >= 0.6 is 34.1 Å². The van der Waals surface area contributed by atoms with Crippen LogP contribution in [0, 0.1) is 5.92 Å². The fourth-order valence-electron chi connectivity index (χ4n) is 0.667. The van der Waals surface area contributed by atoms with Crippen molar-refractivity contribution in [2.75, 3.05) is 0 Å². The Labute approximate surface area is 79.6 Å². The molecule has 0 rings (SSSR count). The van der Waals surface area contributed by atoms with E-state index in [1.54, 1.807) is 0 Å². The van der Waals surface area contributed by atoms with Crippen LogP contribution in [0.25, 0.3) is 0 Å². The summed E-state index contributed by atoms with van der Waals surface area (Å²) in [4.78, 5) is 0. The summed E-state index contributed by atoms with van der Waals surface area (Å²) in [6.45, 7) is 6.78. The summed E-state index contributed by atoms with van der Waals surface area (Å²) in [6.07, 6.45) is 2.66. The molecule has 0 aliphatic rings. The van der Waals surface area contributed by atoms with Crippen LogP contribution in [0.2, 0.25) is 0 Å². The second-order valence-electron chi connectivity index (χ2n) is 2.70. The zero-order chi connectivity index (χ0) is 6.57. The van der Waals surface area contributed by atoms with Crippen LogP contribution in [0.4, 0.5) is 0 Å². The van der Waals surface area contributed by atoms with E-state index in [0.717, 1.165) is 11.6 Å². The molecule has 0 aromatic rings. The molecule has 0 N–H and O–H groups in total. The third kappa shape index (κ3) is 9.01. The van der Waals surface area contributed by atoms with E-state index in [9.17, 15) is 0 Å². The van der Waals surface area contributed by atoms with Gasteiger partial charge in [-0.1, -0.05) is 27.2 Å². The SMILES string of the molecule is CCCC(P)C(C)C.Cl.Cl. The van der Waals surface area contributed by atoms with E-state index in [0.29, 0.717) is 0 Å². The predicted octanol–water partition coefficient (Wildman–Crippen LogP) is 3.53. The van der Waals surface area contributed by atoms with Gasteiger partial charge < -0.3 is 0 Å². The Kier molecular flexibility index (Phi) is 17.2. The smallest absolute Gasteiger partial charge is 0.0241 e. The molecule has 3 heteroatoms. The summed E-state index contributed by atoms with van der Waals surface area (Å²) in [7, 11) is 2.89. The molecule has 0 aliphatic carbocycles. The monoisotopic (exact) mass is 204 g/mol. The first kappa shape index (κ1) is 17.2. The Balaban J connectivity index is -0.000000245. The zero-order valence-corrected chi connectivity index (χ0v) is 9.75. The lowest BCUT2D eigenvalue weighted by Crippen LogP contribution is -2.05. The van der Waals surface area contributed by atoms with E-state index in [1.165, 1.54) is 12.8 Å². The molecule has 0 bridgehead atoms. The molecular formula is C7H19Cl2P. The van der Waals surface area contributed by atoms with Crippen molar-refractivity contribution in [3.05, 3.63) is 0 Å². The fraction of sp³-hybridized carbons (Fsp3) is 1.00. The lowest BCUT2D eigenvalue weighted by molar-refractivity contribution is 0.567. The summed E-state index contributed by atoms with van der Waals surface area (Å²) in [5.74, 6) is 0.833. The average molecular weight is 205 g/mol. The largest absolute Gasteiger partial charge is 0.147 e. The molecule has 10 heavy (non-hydrogen) atoms. The van der Waals surface area contributed by atoms with Crippen molar-refractivity contribution in [3.8, 4) is 0 Å². The normalized spacial score (nSPS) is 11.7. The highest BCUT2D eigenvalue weighted by Crippen LogP contribution is 2.16. The Morgan fingerprint density at radius 3 is 1.70 bits per heavy atom. The van der Waals surface area contributed by atoms with Gasteiger partial charge in [-0.25, -0.2) is 0 Å². The maximum Gasteiger partial charge on any atom is -0.0241 e.